The number of nitrogens with zero attached hydrogens (tertiary/aromatic N) is 4. The van der Waals surface area contributed by atoms with Crippen LogP contribution in [0.5, 0.6) is 5.75 Å². The van der Waals surface area contributed by atoms with Crippen LogP contribution in [0.2, 0.25) is 0 Å². The fraction of sp³-hybridized carbons (Fsp3) is 0.588. The van der Waals surface area contributed by atoms with E-state index in [1.54, 1.807) is 6.92 Å². The van der Waals surface area contributed by atoms with E-state index in [0.29, 0.717) is 18.9 Å². The van der Waals surface area contributed by atoms with Gasteiger partial charge in [-0.2, -0.15) is 0 Å². The van der Waals surface area contributed by atoms with Crippen LogP contribution in [0.15, 0.2) is 54.6 Å². The van der Waals surface area contributed by atoms with Crippen molar-refractivity contribution in [2.24, 2.45) is 11.3 Å². The largest absolute Gasteiger partial charge is 0.492 e. The molecule has 0 aromatic heterocycles. The van der Waals surface area contributed by atoms with Gasteiger partial charge in [0.1, 0.15) is 12.4 Å². The van der Waals surface area contributed by atoms with Crippen LogP contribution in [0.3, 0.4) is 0 Å². The first-order valence-corrected chi connectivity index (χ1v) is 15.2. The van der Waals surface area contributed by atoms with E-state index in [1.807, 2.05) is 19.0 Å². The summed E-state index contributed by atoms with van der Waals surface area (Å²) in [5.74, 6) is 1.64. The highest BCUT2D eigenvalue weighted by atomic mass is 16.5. The predicted octanol–water partition coefficient (Wildman–Crippen LogP) is 4.92. The summed E-state index contributed by atoms with van der Waals surface area (Å²) >= 11 is 0. The van der Waals surface area contributed by atoms with Crippen LogP contribution < -0.4 is 4.74 Å². The molecule has 41 heavy (non-hydrogen) atoms. The average molecular weight is 563 g/mol. The van der Waals surface area contributed by atoms with E-state index in [4.69, 9.17) is 4.74 Å². The summed E-state index contributed by atoms with van der Waals surface area (Å²) in [7, 11) is 4.10. The van der Waals surface area contributed by atoms with E-state index in [-0.39, 0.29) is 29.3 Å². The first kappa shape index (κ1) is 31.0. The molecule has 0 N–H and O–H groups in total. The number of carbonyl (C=O) groups is 2. The third-order valence-electron chi connectivity index (χ3n) is 8.74. The number of likely N-dealkylation sites (tertiary alicyclic amines) is 1. The Morgan fingerprint density at radius 1 is 0.927 bits per heavy atom. The fourth-order valence-electron chi connectivity index (χ4n) is 6.24. The van der Waals surface area contributed by atoms with Gasteiger partial charge in [-0.3, -0.25) is 14.5 Å². The summed E-state index contributed by atoms with van der Waals surface area (Å²) in [6.07, 6.45) is 2.41. The molecule has 2 saturated heterocycles. The van der Waals surface area contributed by atoms with Gasteiger partial charge in [-0.15, -0.1) is 0 Å². The van der Waals surface area contributed by atoms with Crippen LogP contribution in [-0.2, 0) is 9.59 Å². The van der Waals surface area contributed by atoms with E-state index in [2.05, 4.69) is 90.1 Å². The highest BCUT2D eigenvalue weighted by molar-refractivity contribution is 5.77. The van der Waals surface area contributed by atoms with Crippen LogP contribution in [0.4, 0.5) is 0 Å². The van der Waals surface area contributed by atoms with Crippen molar-refractivity contribution in [3.05, 3.63) is 65.7 Å². The number of carbonyl (C=O) groups excluding carboxylic acids is 2. The number of piperidine rings is 1. The summed E-state index contributed by atoms with van der Waals surface area (Å²) in [5.41, 5.74) is 2.44. The van der Waals surface area contributed by atoms with Crippen LogP contribution >= 0.6 is 0 Å². The number of rotatable bonds is 9. The Morgan fingerprint density at radius 3 is 2.15 bits per heavy atom. The zero-order chi connectivity index (χ0) is 29.6. The Hall–Kier alpha value is -2.90. The number of benzene rings is 2. The van der Waals surface area contributed by atoms with Gasteiger partial charge in [-0.05, 0) is 61.5 Å². The Labute approximate surface area is 247 Å². The van der Waals surface area contributed by atoms with Crippen molar-refractivity contribution in [2.75, 3.05) is 60.0 Å². The van der Waals surface area contributed by atoms with E-state index in [0.717, 1.165) is 57.9 Å². The molecule has 2 heterocycles. The summed E-state index contributed by atoms with van der Waals surface area (Å²) in [5, 5.41) is 0. The van der Waals surface area contributed by atoms with Crippen LogP contribution in [0.1, 0.15) is 64.1 Å². The molecule has 2 aliphatic rings. The number of hydrogen-bond donors (Lipinski definition) is 0. The maximum atomic E-state index is 13.7. The number of piperazine rings is 1. The monoisotopic (exact) mass is 562 g/mol. The fourth-order valence-corrected chi connectivity index (χ4v) is 6.24. The van der Waals surface area contributed by atoms with E-state index in [9.17, 15) is 9.59 Å². The SMILES string of the molecule is CC(=O)N1CCC(CC(=O)N2CCN(C(c3ccccc3)c3ccc(OCCN(C)C)cc3)C[C@@H]2C(C)(C)C)CC1. The van der Waals surface area contributed by atoms with Crippen molar-refractivity contribution in [1.82, 2.24) is 19.6 Å². The molecule has 4 rings (SSSR count). The summed E-state index contributed by atoms with van der Waals surface area (Å²) in [6.45, 7) is 13.8. The zero-order valence-corrected chi connectivity index (χ0v) is 26.0. The van der Waals surface area contributed by atoms with Gasteiger partial charge in [-0.1, -0.05) is 63.2 Å². The van der Waals surface area contributed by atoms with Crippen LogP contribution in [0, 0.1) is 11.3 Å². The Morgan fingerprint density at radius 2 is 1.56 bits per heavy atom. The molecule has 7 nitrogen and oxygen atoms in total. The summed E-state index contributed by atoms with van der Waals surface area (Å²) in [4.78, 5) is 34.2. The first-order chi connectivity index (χ1) is 19.5. The van der Waals surface area contributed by atoms with Gasteiger partial charge in [0.15, 0.2) is 0 Å². The number of amides is 2. The van der Waals surface area contributed by atoms with Crippen molar-refractivity contribution < 1.29 is 14.3 Å². The summed E-state index contributed by atoms with van der Waals surface area (Å²) < 4.78 is 5.97. The third-order valence-corrected chi connectivity index (χ3v) is 8.74. The average Bonchev–Trinajstić information content (AvgIpc) is 2.94. The molecule has 0 saturated carbocycles. The van der Waals surface area contributed by atoms with Crippen molar-refractivity contribution in [3.63, 3.8) is 0 Å². The highest BCUT2D eigenvalue weighted by Gasteiger charge is 2.40. The lowest BCUT2D eigenvalue weighted by Gasteiger charge is -2.50. The molecule has 0 bridgehead atoms. The molecule has 2 aliphatic heterocycles. The number of hydrogen-bond acceptors (Lipinski definition) is 5. The molecule has 224 valence electrons. The van der Waals surface area contributed by atoms with Crippen molar-refractivity contribution in [2.45, 2.75) is 59.0 Å². The lowest BCUT2D eigenvalue weighted by molar-refractivity contribution is -0.141. The molecule has 0 aliphatic carbocycles. The predicted molar refractivity (Wildman–Crippen MR) is 165 cm³/mol. The Bertz CT molecular complexity index is 1120. The minimum Gasteiger partial charge on any atom is -0.492 e. The molecular weight excluding hydrogens is 512 g/mol. The molecule has 2 fully saturated rings. The minimum atomic E-state index is -0.0578. The van der Waals surface area contributed by atoms with Gasteiger partial charge >= 0.3 is 0 Å². The molecule has 0 radical (unpaired) electrons. The quantitative estimate of drug-likeness (QED) is 0.434. The molecule has 1 unspecified atom stereocenters. The van der Waals surface area contributed by atoms with Gasteiger partial charge in [0.25, 0.3) is 0 Å². The van der Waals surface area contributed by atoms with Crippen LogP contribution in [0.25, 0.3) is 0 Å². The van der Waals surface area contributed by atoms with Gasteiger partial charge in [0.2, 0.25) is 11.8 Å². The van der Waals surface area contributed by atoms with E-state index >= 15 is 0 Å². The lowest BCUT2D eigenvalue weighted by atomic mass is 9.82. The molecule has 0 spiro atoms. The smallest absolute Gasteiger partial charge is 0.223 e. The third kappa shape index (κ3) is 8.32. The molecule has 2 amide bonds. The molecular formula is C34H50N4O3. The normalized spacial score (nSPS) is 19.8. The molecule has 2 aromatic carbocycles. The van der Waals surface area contributed by atoms with E-state index in [1.165, 1.54) is 11.1 Å². The highest BCUT2D eigenvalue weighted by Crippen LogP contribution is 2.36. The van der Waals surface area contributed by atoms with E-state index < -0.39 is 0 Å². The Kier molecular flexibility index (Phi) is 10.5. The number of ether oxygens (including phenoxy) is 1. The zero-order valence-electron chi connectivity index (χ0n) is 26.0. The van der Waals surface area contributed by atoms with Gasteiger partial charge in [0, 0.05) is 58.7 Å². The second-order valence-electron chi connectivity index (χ2n) is 13.2. The topological polar surface area (TPSA) is 56.3 Å². The van der Waals surface area contributed by atoms with Crippen molar-refractivity contribution in [3.8, 4) is 5.75 Å². The second kappa shape index (κ2) is 13.8. The van der Waals surface area contributed by atoms with Gasteiger partial charge < -0.3 is 19.4 Å². The lowest BCUT2D eigenvalue weighted by Crippen LogP contribution is -2.60. The van der Waals surface area contributed by atoms with Crippen LogP contribution in [-0.4, -0.2) is 97.4 Å². The van der Waals surface area contributed by atoms with Gasteiger partial charge in [-0.25, -0.2) is 0 Å². The second-order valence-corrected chi connectivity index (χ2v) is 13.2. The first-order valence-electron chi connectivity index (χ1n) is 15.2. The molecule has 2 aromatic rings. The van der Waals surface area contributed by atoms with Crippen molar-refractivity contribution in [1.29, 1.82) is 0 Å². The Balaban J connectivity index is 1.49. The maximum absolute atomic E-state index is 13.7. The maximum Gasteiger partial charge on any atom is 0.223 e. The van der Waals surface area contributed by atoms with Gasteiger partial charge in [0.05, 0.1) is 6.04 Å². The molecule has 2 atom stereocenters. The van der Waals surface area contributed by atoms with Crippen molar-refractivity contribution >= 4 is 11.8 Å². The minimum absolute atomic E-state index is 0.0578. The molecule has 7 heteroatoms. The number of likely N-dealkylation sites (N-methyl/N-ethyl adjacent to an activating group) is 1. The summed E-state index contributed by atoms with van der Waals surface area (Å²) in [6, 6.07) is 19.5. The standard InChI is InChI=1S/C34H50N4O3/c1-26(39)36-18-16-27(17-19-36)24-32(40)38-21-20-37(25-31(38)34(2,3)4)33(28-10-8-7-9-11-28)29-12-14-30(15-13-29)41-23-22-35(5)6/h7-15,27,31,33H,16-25H2,1-6H3/t31-,33?/m1/s1.